The van der Waals surface area contributed by atoms with E-state index in [9.17, 15) is 4.79 Å². The minimum absolute atomic E-state index is 0.104. The molecule has 110 valence electrons. The summed E-state index contributed by atoms with van der Waals surface area (Å²) in [7, 11) is 2.01. The Bertz CT molecular complexity index is 405. The van der Waals surface area contributed by atoms with Crippen LogP contribution in [0.15, 0.2) is 30.3 Å². The first-order valence-corrected chi connectivity index (χ1v) is 7.50. The molecule has 4 nitrogen and oxygen atoms in total. The van der Waals surface area contributed by atoms with E-state index >= 15 is 0 Å². The third-order valence-electron chi connectivity index (χ3n) is 3.81. The number of para-hydroxylation sites is 1. The van der Waals surface area contributed by atoms with Crippen LogP contribution in [-0.2, 0) is 4.79 Å². The number of amides is 1. The Hall–Kier alpha value is -1.39. The normalized spacial score (nSPS) is 19.8. The maximum Gasteiger partial charge on any atom is 0.225 e. The van der Waals surface area contributed by atoms with Gasteiger partial charge >= 0.3 is 0 Å². The second-order valence-corrected chi connectivity index (χ2v) is 5.53. The van der Waals surface area contributed by atoms with Crippen molar-refractivity contribution in [3.63, 3.8) is 0 Å². The first-order chi connectivity index (χ1) is 9.78. The van der Waals surface area contributed by atoms with Gasteiger partial charge in [-0.25, -0.2) is 0 Å². The number of hydrogen-bond donors (Lipinski definition) is 2. The lowest BCUT2D eigenvalue weighted by Gasteiger charge is -2.32. The molecule has 1 fully saturated rings. The Morgan fingerprint density at radius 1 is 1.35 bits per heavy atom. The van der Waals surface area contributed by atoms with Crippen molar-refractivity contribution in [2.24, 2.45) is 5.92 Å². The minimum atomic E-state index is 0.104. The van der Waals surface area contributed by atoms with E-state index in [-0.39, 0.29) is 5.91 Å². The van der Waals surface area contributed by atoms with Gasteiger partial charge in [-0.15, -0.1) is 0 Å². The van der Waals surface area contributed by atoms with E-state index < -0.39 is 0 Å². The lowest BCUT2D eigenvalue weighted by Crippen LogP contribution is -2.40. The van der Waals surface area contributed by atoms with Gasteiger partial charge in [-0.1, -0.05) is 18.2 Å². The van der Waals surface area contributed by atoms with Crippen molar-refractivity contribution in [1.29, 1.82) is 0 Å². The molecule has 1 unspecified atom stereocenters. The van der Waals surface area contributed by atoms with Gasteiger partial charge in [0.25, 0.3) is 0 Å². The fraction of sp³-hybridized carbons (Fsp3) is 0.562. The van der Waals surface area contributed by atoms with E-state index in [1.165, 1.54) is 12.8 Å². The maximum atomic E-state index is 11.9. The largest absolute Gasteiger partial charge is 0.326 e. The average Bonchev–Trinajstić information content (AvgIpc) is 2.47. The van der Waals surface area contributed by atoms with Crippen LogP contribution in [0, 0.1) is 5.92 Å². The highest BCUT2D eigenvalue weighted by Crippen LogP contribution is 2.16. The predicted molar refractivity (Wildman–Crippen MR) is 82.8 cm³/mol. The molecule has 0 spiro atoms. The summed E-state index contributed by atoms with van der Waals surface area (Å²) in [6, 6.07) is 9.65. The van der Waals surface area contributed by atoms with Crippen LogP contribution in [0.3, 0.4) is 0 Å². The molecule has 1 aliphatic heterocycles. The first-order valence-electron chi connectivity index (χ1n) is 7.50. The summed E-state index contributed by atoms with van der Waals surface area (Å²) in [5.74, 6) is 0.831. The number of hydrogen-bond acceptors (Lipinski definition) is 3. The van der Waals surface area contributed by atoms with Gasteiger partial charge in [0.05, 0.1) is 0 Å². The molecule has 1 atom stereocenters. The second-order valence-electron chi connectivity index (χ2n) is 5.53. The van der Waals surface area contributed by atoms with Crippen LogP contribution >= 0.6 is 0 Å². The molecule has 20 heavy (non-hydrogen) atoms. The van der Waals surface area contributed by atoms with Crippen LogP contribution in [0.4, 0.5) is 5.69 Å². The molecular formula is C16H25N3O. The van der Waals surface area contributed by atoms with Crippen LogP contribution in [0.1, 0.15) is 19.3 Å². The van der Waals surface area contributed by atoms with E-state index in [1.54, 1.807) is 0 Å². The molecule has 0 aliphatic carbocycles. The second kappa shape index (κ2) is 8.02. The molecule has 0 bridgehead atoms. The highest BCUT2D eigenvalue weighted by atomic mass is 16.1. The quantitative estimate of drug-likeness (QED) is 0.834. The third kappa shape index (κ3) is 4.94. The molecule has 0 radical (unpaired) electrons. The van der Waals surface area contributed by atoms with E-state index in [0.717, 1.165) is 37.8 Å². The SMILES string of the molecule is CNCC1CCCN(CCC(=O)Nc2ccccc2)C1. The summed E-state index contributed by atoms with van der Waals surface area (Å²) < 4.78 is 0. The minimum Gasteiger partial charge on any atom is -0.326 e. The number of benzene rings is 1. The summed E-state index contributed by atoms with van der Waals surface area (Å²) in [6.07, 6.45) is 3.11. The summed E-state index contributed by atoms with van der Waals surface area (Å²) in [5.41, 5.74) is 0.879. The molecule has 2 N–H and O–H groups in total. The number of rotatable bonds is 6. The predicted octanol–water partition coefficient (Wildman–Crippen LogP) is 1.95. The number of nitrogens with one attached hydrogen (secondary N) is 2. The zero-order valence-electron chi connectivity index (χ0n) is 12.3. The van der Waals surface area contributed by atoms with Gasteiger partial charge in [0.2, 0.25) is 5.91 Å². The van der Waals surface area contributed by atoms with Crippen molar-refractivity contribution in [3.8, 4) is 0 Å². The van der Waals surface area contributed by atoms with Crippen molar-refractivity contribution >= 4 is 11.6 Å². The fourth-order valence-electron chi connectivity index (χ4n) is 2.81. The zero-order valence-corrected chi connectivity index (χ0v) is 12.3. The number of piperidine rings is 1. The number of likely N-dealkylation sites (tertiary alicyclic amines) is 1. The van der Waals surface area contributed by atoms with E-state index in [0.29, 0.717) is 6.42 Å². The van der Waals surface area contributed by atoms with Crippen LogP contribution in [-0.4, -0.2) is 44.0 Å². The van der Waals surface area contributed by atoms with Crippen molar-refractivity contribution < 1.29 is 4.79 Å². The number of carbonyl (C=O) groups is 1. The van der Waals surface area contributed by atoms with Crippen molar-refractivity contribution in [1.82, 2.24) is 10.2 Å². The Kier molecular flexibility index (Phi) is 6.02. The van der Waals surface area contributed by atoms with Gasteiger partial charge in [0.15, 0.2) is 0 Å². The van der Waals surface area contributed by atoms with Gasteiger partial charge in [0.1, 0.15) is 0 Å². The van der Waals surface area contributed by atoms with E-state index in [4.69, 9.17) is 0 Å². The number of anilines is 1. The van der Waals surface area contributed by atoms with Crippen molar-refractivity contribution in [2.75, 3.05) is 38.5 Å². The summed E-state index contributed by atoms with van der Waals surface area (Å²) in [6.45, 7) is 4.17. The Balaban J connectivity index is 1.70. The molecule has 1 saturated heterocycles. The monoisotopic (exact) mass is 275 g/mol. The molecule has 1 aliphatic rings. The summed E-state index contributed by atoms with van der Waals surface area (Å²) >= 11 is 0. The van der Waals surface area contributed by atoms with Crippen molar-refractivity contribution in [3.05, 3.63) is 30.3 Å². The molecule has 1 amide bonds. The molecule has 1 aromatic rings. The molecule has 1 aromatic carbocycles. The van der Waals surface area contributed by atoms with Gasteiger partial charge in [-0.2, -0.15) is 0 Å². The maximum absolute atomic E-state index is 11.9. The topological polar surface area (TPSA) is 44.4 Å². The van der Waals surface area contributed by atoms with Crippen LogP contribution in [0.25, 0.3) is 0 Å². The summed E-state index contributed by atoms with van der Waals surface area (Å²) in [5, 5.41) is 6.19. The summed E-state index contributed by atoms with van der Waals surface area (Å²) in [4.78, 5) is 14.3. The molecular weight excluding hydrogens is 250 g/mol. The average molecular weight is 275 g/mol. The smallest absolute Gasteiger partial charge is 0.225 e. The molecule has 0 aromatic heterocycles. The van der Waals surface area contributed by atoms with Crippen LogP contribution in [0.2, 0.25) is 0 Å². The van der Waals surface area contributed by atoms with Crippen LogP contribution < -0.4 is 10.6 Å². The van der Waals surface area contributed by atoms with Crippen molar-refractivity contribution in [2.45, 2.75) is 19.3 Å². The molecule has 4 heteroatoms. The Morgan fingerprint density at radius 3 is 2.90 bits per heavy atom. The highest BCUT2D eigenvalue weighted by molar-refractivity contribution is 5.90. The lowest BCUT2D eigenvalue weighted by molar-refractivity contribution is -0.116. The zero-order chi connectivity index (χ0) is 14.2. The Morgan fingerprint density at radius 2 is 2.15 bits per heavy atom. The lowest BCUT2D eigenvalue weighted by atomic mass is 9.98. The Labute approximate surface area is 121 Å². The van der Waals surface area contributed by atoms with Crippen LogP contribution in [0.5, 0.6) is 0 Å². The third-order valence-corrected chi connectivity index (χ3v) is 3.81. The molecule has 2 rings (SSSR count). The van der Waals surface area contributed by atoms with E-state index in [1.807, 2.05) is 37.4 Å². The highest BCUT2D eigenvalue weighted by Gasteiger charge is 2.19. The van der Waals surface area contributed by atoms with Gasteiger partial charge < -0.3 is 15.5 Å². The number of carbonyl (C=O) groups excluding carboxylic acids is 1. The van der Waals surface area contributed by atoms with E-state index in [2.05, 4.69) is 15.5 Å². The number of nitrogens with zero attached hydrogens (tertiary/aromatic N) is 1. The first kappa shape index (κ1) is 15.0. The molecule has 0 saturated carbocycles. The molecule has 1 heterocycles. The van der Waals surface area contributed by atoms with Gasteiger partial charge in [0, 0.05) is 25.2 Å². The van der Waals surface area contributed by atoms with Gasteiger partial charge in [-0.3, -0.25) is 4.79 Å². The standard InChI is InChI=1S/C16H25N3O/c1-17-12-14-6-5-10-19(13-14)11-9-16(20)18-15-7-3-2-4-8-15/h2-4,7-8,14,17H,5-6,9-13H2,1H3,(H,18,20). The fourth-order valence-corrected chi connectivity index (χ4v) is 2.81. The van der Waals surface area contributed by atoms with Gasteiger partial charge in [-0.05, 0) is 51.0 Å².